The monoisotopic (exact) mass is 291 g/mol. The maximum absolute atomic E-state index is 12.5. The molecule has 2 amide bonds. The molecule has 114 valence electrons. The normalized spacial score (nSPS) is 11.0. The molecule has 6 nitrogen and oxygen atoms in total. The Kier molecular flexibility index (Phi) is 5.90. The molecule has 1 aromatic rings. The highest BCUT2D eigenvalue weighted by molar-refractivity contribution is 5.96. The van der Waals surface area contributed by atoms with E-state index in [0.717, 1.165) is 5.57 Å². The van der Waals surface area contributed by atoms with Gasteiger partial charge in [-0.05, 0) is 19.9 Å². The largest absolute Gasteiger partial charge is 0.449 e. The fourth-order valence-electron chi connectivity index (χ4n) is 1.73. The lowest BCUT2D eigenvalue weighted by Gasteiger charge is -2.17. The van der Waals surface area contributed by atoms with Crippen LogP contribution in [0.15, 0.2) is 34.1 Å². The Labute approximate surface area is 124 Å². The molecule has 0 bridgehead atoms. The number of carbonyl (C=O) groups is 2. The molecule has 6 heteroatoms. The van der Waals surface area contributed by atoms with Crippen molar-refractivity contribution < 1.29 is 14.0 Å². The topological polar surface area (TPSA) is 66.7 Å². The molecular formula is C15H21N3O3. The standard InChI is InChI=1S/C15H21N3O3/c1-11(2)6-13(7-17(4)10-19)15(20)18(5)8-14-9-21-12(3)16-14/h6-7,9-10H,8H2,1-5H3/b13-7+. The number of rotatable bonds is 6. The van der Waals surface area contributed by atoms with Crippen LogP contribution < -0.4 is 0 Å². The van der Waals surface area contributed by atoms with Gasteiger partial charge in [0.05, 0.1) is 17.8 Å². The summed E-state index contributed by atoms with van der Waals surface area (Å²) in [6, 6.07) is 0. The van der Waals surface area contributed by atoms with Crippen LogP contribution in [0.25, 0.3) is 0 Å². The fourth-order valence-corrected chi connectivity index (χ4v) is 1.73. The number of hydrogen-bond donors (Lipinski definition) is 0. The van der Waals surface area contributed by atoms with Gasteiger partial charge in [0.15, 0.2) is 5.89 Å². The van der Waals surface area contributed by atoms with Gasteiger partial charge in [-0.1, -0.05) is 5.57 Å². The predicted molar refractivity (Wildman–Crippen MR) is 79.1 cm³/mol. The van der Waals surface area contributed by atoms with Crippen molar-refractivity contribution in [2.75, 3.05) is 14.1 Å². The van der Waals surface area contributed by atoms with Gasteiger partial charge in [-0.2, -0.15) is 0 Å². The smallest absolute Gasteiger partial charge is 0.255 e. The van der Waals surface area contributed by atoms with E-state index in [1.165, 1.54) is 22.3 Å². The summed E-state index contributed by atoms with van der Waals surface area (Å²) in [4.78, 5) is 30.2. The van der Waals surface area contributed by atoms with E-state index in [0.29, 0.717) is 30.1 Å². The summed E-state index contributed by atoms with van der Waals surface area (Å²) in [5.41, 5.74) is 2.09. The van der Waals surface area contributed by atoms with Crippen molar-refractivity contribution in [1.29, 1.82) is 0 Å². The van der Waals surface area contributed by atoms with E-state index in [-0.39, 0.29) is 5.91 Å². The van der Waals surface area contributed by atoms with E-state index >= 15 is 0 Å². The highest BCUT2D eigenvalue weighted by atomic mass is 16.3. The summed E-state index contributed by atoms with van der Waals surface area (Å²) in [5.74, 6) is 0.372. The van der Waals surface area contributed by atoms with Gasteiger partial charge in [0.2, 0.25) is 6.41 Å². The summed E-state index contributed by atoms with van der Waals surface area (Å²) in [5, 5.41) is 0. The van der Waals surface area contributed by atoms with Crippen molar-refractivity contribution >= 4 is 12.3 Å². The SMILES string of the molecule is CC(C)=C/C(=C\N(C)C=O)C(=O)N(C)Cc1coc(C)n1. The van der Waals surface area contributed by atoms with Crippen molar-refractivity contribution in [1.82, 2.24) is 14.8 Å². The summed E-state index contributed by atoms with van der Waals surface area (Å²) >= 11 is 0. The predicted octanol–water partition coefficient (Wildman–Crippen LogP) is 1.88. The Bertz CT molecular complexity index is 568. The van der Waals surface area contributed by atoms with Crippen LogP contribution in [0.3, 0.4) is 0 Å². The van der Waals surface area contributed by atoms with Gasteiger partial charge in [-0.15, -0.1) is 0 Å². The summed E-state index contributed by atoms with van der Waals surface area (Å²) in [6.07, 6.45) is 5.42. The molecular weight excluding hydrogens is 270 g/mol. The third-order valence-electron chi connectivity index (χ3n) is 2.61. The van der Waals surface area contributed by atoms with Crippen LogP contribution in [0.2, 0.25) is 0 Å². The molecule has 0 aliphatic carbocycles. The van der Waals surface area contributed by atoms with Gasteiger partial charge >= 0.3 is 0 Å². The minimum absolute atomic E-state index is 0.189. The molecule has 0 aliphatic rings. The Balaban J connectivity index is 2.91. The number of nitrogens with zero attached hydrogens (tertiary/aromatic N) is 3. The van der Waals surface area contributed by atoms with Gasteiger partial charge in [0, 0.05) is 27.2 Å². The molecule has 0 N–H and O–H groups in total. The number of allylic oxidation sites excluding steroid dienone is 1. The molecule has 21 heavy (non-hydrogen) atoms. The number of oxazole rings is 1. The second-order valence-corrected chi connectivity index (χ2v) is 5.10. The Morgan fingerprint density at radius 2 is 2.05 bits per heavy atom. The van der Waals surface area contributed by atoms with E-state index in [4.69, 9.17) is 4.42 Å². The minimum atomic E-state index is -0.189. The van der Waals surface area contributed by atoms with E-state index < -0.39 is 0 Å². The molecule has 1 aromatic heterocycles. The lowest BCUT2D eigenvalue weighted by atomic mass is 10.1. The molecule has 1 heterocycles. The minimum Gasteiger partial charge on any atom is -0.449 e. The van der Waals surface area contributed by atoms with Gasteiger partial charge in [0.1, 0.15) is 6.26 Å². The molecule has 1 rings (SSSR count). The summed E-state index contributed by atoms with van der Waals surface area (Å²) < 4.78 is 5.12. The Morgan fingerprint density at radius 1 is 1.38 bits per heavy atom. The van der Waals surface area contributed by atoms with E-state index in [1.807, 2.05) is 13.8 Å². The first kappa shape index (κ1) is 16.7. The first-order valence-corrected chi connectivity index (χ1v) is 6.54. The van der Waals surface area contributed by atoms with Crippen molar-refractivity contribution in [2.24, 2.45) is 0 Å². The second-order valence-electron chi connectivity index (χ2n) is 5.10. The van der Waals surface area contributed by atoms with Crippen molar-refractivity contribution in [3.8, 4) is 0 Å². The van der Waals surface area contributed by atoms with Crippen LogP contribution in [0, 0.1) is 6.92 Å². The maximum atomic E-state index is 12.5. The van der Waals surface area contributed by atoms with Gasteiger partial charge in [-0.25, -0.2) is 4.98 Å². The first-order chi connectivity index (χ1) is 9.83. The van der Waals surface area contributed by atoms with Crippen molar-refractivity contribution in [3.63, 3.8) is 0 Å². The molecule has 0 fully saturated rings. The van der Waals surface area contributed by atoms with Crippen molar-refractivity contribution in [2.45, 2.75) is 27.3 Å². The van der Waals surface area contributed by atoms with E-state index in [2.05, 4.69) is 4.98 Å². The highest BCUT2D eigenvalue weighted by Crippen LogP contribution is 2.10. The quantitative estimate of drug-likeness (QED) is 0.456. The van der Waals surface area contributed by atoms with Crippen LogP contribution in [0.1, 0.15) is 25.4 Å². The Hall–Kier alpha value is -2.37. The molecule has 0 unspecified atom stereocenters. The van der Waals surface area contributed by atoms with Gasteiger partial charge in [-0.3, -0.25) is 9.59 Å². The van der Waals surface area contributed by atoms with Gasteiger partial charge < -0.3 is 14.2 Å². The maximum Gasteiger partial charge on any atom is 0.255 e. The van der Waals surface area contributed by atoms with Gasteiger partial charge in [0.25, 0.3) is 5.91 Å². The Morgan fingerprint density at radius 3 is 2.52 bits per heavy atom. The first-order valence-electron chi connectivity index (χ1n) is 6.54. The zero-order valence-corrected chi connectivity index (χ0v) is 13.1. The molecule has 0 aromatic carbocycles. The zero-order chi connectivity index (χ0) is 16.0. The molecule has 0 spiro atoms. The number of likely N-dealkylation sites (N-methyl/N-ethyl adjacent to an activating group) is 1. The fraction of sp³-hybridized carbons (Fsp3) is 0.400. The average molecular weight is 291 g/mol. The molecule has 0 saturated heterocycles. The lowest BCUT2D eigenvalue weighted by Crippen LogP contribution is -2.28. The number of amides is 2. The van der Waals surface area contributed by atoms with Crippen LogP contribution in [-0.2, 0) is 16.1 Å². The second kappa shape index (κ2) is 7.42. The van der Waals surface area contributed by atoms with Crippen LogP contribution in [0.5, 0.6) is 0 Å². The molecule has 0 saturated carbocycles. The number of aryl methyl sites for hydroxylation is 1. The van der Waals surface area contributed by atoms with Crippen LogP contribution in [-0.4, -0.2) is 41.2 Å². The average Bonchev–Trinajstić information content (AvgIpc) is 2.81. The van der Waals surface area contributed by atoms with Crippen LogP contribution >= 0.6 is 0 Å². The lowest BCUT2D eigenvalue weighted by molar-refractivity contribution is -0.126. The number of hydrogen-bond acceptors (Lipinski definition) is 4. The van der Waals surface area contributed by atoms with E-state index in [1.54, 1.807) is 27.1 Å². The summed E-state index contributed by atoms with van der Waals surface area (Å²) in [7, 11) is 3.26. The van der Waals surface area contributed by atoms with E-state index in [9.17, 15) is 9.59 Å². The summed E-state index contributed by atoms with van der Waals surface area (Å²) in [6.45, 7) is 5.87. The molecule has 0 radical (unpaired) electrons. The molecule has 0 atom stereocenters. The third kappa shape index (κ3) is 5.25. The van der Waals surface area contributed by atoms with Crippen LogP contribution in [0.4, 0.5) is 0 Å². The third-order valence-corrected chi connectivity index (χ3v) is 2.61. The molecule has 0 aliphatic heterocycles. The highest BCUT2D eigenvalue weighted by Gasteiger charge is 2.15. The number of aromatic nitrogens is 1. The van der Waals surface area contributed by atoms with Crippen molar-refractivity contribution in [3.05, 3.63) is 41.3 Å². The number of carbonyl (C=O) groups excluding carboxylic acids is 2. The zero-order valence-electron chi connectivity index (χ0n) is 13.1.